The number of anilines is 1. The number of carbonyl (C=O) groups is 1. The van der Waals surface area contributed by atoms with Crippen molar-refractivity contribution in [2.24, 2.45) is 5.41 Å². The van der Waals surface area contributed by atoms with Crippen LogP contribution < -0.4 is 16.0 Å². The van der Waals surface area contributed by atoms with E-state index in [1.807, 2.05) is 20.8 Å². The van der Waals surface area contributed by atoms with Crippen molar-refractivity contribution in [3.8, 4) is 0 Å². The quantitative estimate of drug-likeness (QED) is 0.603. The third-order valence-electron chi connectivity index (χ3n) is 3.31. The Morgan fingerprint density at radius 1 is 1.25 bits per heavy atom. The number of nitrogens with one attached hydrogen (secondary N) is 3. The average Bonchev–Trinajstić information content (AvgIpc) is 2.40. The fourth-order valence-electron chi connectivity index (χ4n) is 2.01. The number of hydrogen-bond acceptors (Lipinski definition) is 2. The highest BCUT2D eigenvalue weighted by Crippen LogP contribution is 2.23. The van der Waals surface area contributed by atoms with Gasteiger partial charge in [-0.3, -0.25) is 0 Å². The van der Waals surface area contributed by atoms with E-state index in [1.54, 1.807) is 0 Å². The standard InChI is InChI=1S/C15H20F3N3O2S/c1-15(2,3)11(4-5-19-14(22)23)20-13(24)21-12-9(17)6-8(16)7-10(12)18/h6-7,11,19H,4-5H2,1-3H3,(H,22,23)(H2,20,21,24). The zero-order chi connectivity index (χ0) is 18.5. The minimum absolute atomic E-state index is 0.0466. The molecule has 24 heavy (non-hydrogen) atoms. The molecule has 9 heteroatoms. The van der Waals surface area contributed by atoms with Crippen molar-refractivity contribution in [2.45, 2.75) is 33.2 Å². The van der Waals surface area contributed by atoms with Gasteiger partial charge in [-0.25, -0.2) is 18.0 Å². The van der Waals surface area contributed by atoms with Gasteiger partial charge in [0.2, 0.25) is 0 Å². The van der Waals surface area contributed by atoms with Gasteiger partial charge < -0.3 is 21.1 Å². The van der Waals surface area contributed by atoms with Crippen molar-refractivity contribution >= 4 is 29.1 Å². The Bertz CT molecular complexity index is 597. The molecule has 0 radical (unpaired) electrons. The first-order chi connectivity index (χ1) is 11.0. The van der Waals surface area contributed by atoms with Crippen LogP contribution in [-0.2, 0) is 0 Å². The third-order valence-corrected chi connectivity index (χ3v) is 3.53. The maximum atomic E-state index is 13.6. The lowest BCUT2D eigenvalue weighted by Gasteiger charge is -2.32. The van der Waals surface area contributed by atoms with E-state index >= 15 is 0 Å². The fourth-order valence-corrected chi connectivity index (χ4v) is 2.26. The van der Waals surface area contributed by atoms with Crippen LogP contribution in [0.2, 0.25) is 0 Å². The molecule has 1 rings (SSSR count). The van der Waals surface area contributed by atoms with E-state index in [1.165, 1.54) is 0 Å². The summed E-state index contributed by atoms with van der Waals surface area (Å²) >= 11 is 5.05. The second-order valence-corrected chi connectivity index (χ2v) is 6.69. The van der Waals surface area contributed by atoms with Crippen LogP contribution in [0.5, 0.6) is 0 Å². The van der Waals surface area contributed by atoms with Crippen LogP contribution in [0, 0.1) is 22.9 Å². The molecular weight excluding hydrogens is 343 g/mol. The Morgan fingerprint density at radius 3 is 2.25 bits per heavy atom. The van der Waals surface area contributed by atoms with E-state index in [-0.39, 0.29) is 23.1 Å². The second kappa shape index (κ2) is 8.18. The summed E-state index contributed by atoms with van der Waals surface area (Å²) in [4.78, 5) is 10.5. The van der Waals surface area contributed by atoms with Gasteiger partial charge in [0.25, 0.3) is 0 Å². The van der Waals surface area contributed by atoms with E-state index in [4.69, 9.17) is 17.3 Å². The minimum atomic E-state index is -1.14. The molecular formula is C15H20F3N3O2S. The summed E-state index contributed by atoms with van der Waals surface area (Å²) in [6.07, 6.45) is -0.731. The summed E-state index contributed by atoms with van der Waals surface area (Å²) in [5, 5.41) is 16.1. The molecule has 0 aliphatic carbocycles. The molecule has 0 fully saturated rings. The van der Waals surface area contributed by atoms with Crippen molar-refractivity contribution in [3.05, 3.63) is 29.6 Å². The lowest BCUT2D eigenvalue weighted by atomic mass is 9.85. The van der Waals surface area contributed by atoms with Crippen LogP contribution in [0.25, 0.3) is 0 Å². The van der Waals surface area contributed by atoms with Crippen molar-refractivity contribution < 1.29 is 23.1 Å². The normalized spacial score (nSPS) is 12.4. The molecule has 0 bridgehead atoms. The summed E-state index contributed by atoms with van der Waals surface area (Å²) in [6.45, 7) is 5.92. The van der Waals surface area contributed by atoms with Gasteiger partial charge in [-0.15, -0.1) is 0 Å². The molecule has 0 aromatic heterocycles. The summed E-state index contributed by atoms with van der Waals surface area (Å²) in [5.74, 6) is -3.23. The van der Waals surface area contributed by atoms with Gasteiger partial charge in [0.1, 0.15) is 11.5 Å². The zero-order valence-electron chi connectivity index (χ0n) is 13.5. The van der Waals surface area contributed by atoms with Gasteiger partial charge >= 0.3 is 6.09 Å². The molecule has 0 heterocycles. The molecule has 0 aliphatic heterocycles. The Kier molecular flexibility index (Phi) is 6.82. The second-order valence-electron chi connectivity index (χ2n) is 6.28. The highest BCUT2D eigenvalue weighted by atomic mass is 32.1. The lowest BCUT2D eigenvalue weighted by Crippen LogP contribution is -2.47. The third kappa shape index (κ3) is 6.23. The van der Waals surface area contributed by atoms with Gasteiger partial charge in [-0.2, -0.15) is 0 Å². The van der Waals surface area contributed by atoms with E-state index in [2.05, 4.69) is 16.0 Å². The summed E-state index contributed by atoms with van der Waals surface area (Å²) in [7, 11) is 0. The molecule has 1 aromatic rings. The van der Waals surface area contributed by atoms with Gasteiger partial charge in [0.05, 0.1) is 0 Å². The summed E-state index contributed by atoms with van der Waals surface area (Å²) in [5.41, 5.74) is -0.851. The molecule has 0 aliphatic rings. The summed E-state index contributed by atoms with van der Waals surface area (Å²) < 4.78 is 40.2. The van der Waals surface area contributed by atoms with Crippen LogP contribution in [0.4, 0.5) is 23.7 Å². The topological polar surface area (TPSA) is 73.4 Å². The van der Waals surface area contributed by atoms with Crippen LogP contribution in [0.1, 0.15) is 27.2 Å². The number of benzene rings is 1. The first kappa shape index (κ1) is 20.0. The minimum Gasteiger partial charge on any atom is -0.465 e. The number of halogens is 3. The number of thiocarbonyl (C=S) groups is 1. The molecule has 134 valence electrons. The van der Waals surface area contributed by atoms with Gasteiger partial charge in [0.15, 0.2) is 16.7 Å². The summed E-state index contributed by atoms with van der Waals surface area (Å²) in [6, 6.07) is 0.828. The Labute approximate surface area is 143 Å². The van der Waals surface area contributed by atoms with Gasteiger partial charge in [-0.05, 0) is 24.1 Å². The smallest absolute Gasteiger partial charge is 0.404 e. The van der Waals surface area contributed by atoms with Gasteiger partial charge in [-0.1, -0.05) is 20.8 Å². The van der Waals surface area contributed by atoms with E-state index in [9.17, 15) is 18.0 Å². The van der Waals surface area contributed by atoms with E-state index in [0.717, 1.165) is 0 Å². The van der Waals surface area contributed by atoms with Crippen LogP contribution in [-0.4, -0.2) is 28.9 Å². The SMILES string of the molecule is CC(C)(C)C(CCNC(=O)O)NC(=S)Nc1c(F)cc(F)cc1F. The van der Waals surface area contributed by atoms with Crippen molar-refractivity contribution in [1.29, 1.82) is 0 Å². The Hall–Kier alpha value is -2.03. The number of carboxylic acid groups (broad SMARTS) is 1. The zero-order valence-corrected chi connectivity index (χ0v) is 14.4. The molecule has 4 N–H and O–H groups in total. The Balaban J connectivity index is 2.77. The molecule has 1 unspecified atom stereocenters. The van der Waals surface area contributed by atoms with Crippen LogP contribution >= 0.6 is 12.2 Å². The molecule has 0 spiro atoms. The van der Waals surface area contributed by atoms with Crippen molar-refractivity contribution in [2.75, 3.05) is 11.9 Å². The molecule has 1 amide bonds. The molecule has 0 saturated heterocycles. The predicted octanol–water partition coefficient (Wildman–Crippen LogP) is 3.46. The van der Waals surface area contributed by atoms with Crippen molar-refractivity contribution in [1.82, 2.24) is 10.6 Å². The maximum Gasteiger partial charge on any atom is 0.404 e. The highest BCUT2D eigenvalue weighted by Gasteiger charge is 2.25. The van der Waals surface area contributed by atoms with E-state index < -0.39 is 29.2 Å². The molecule has 5 nitrogen and oxygen atoms in total. The predicted molar refractivity (Wildman–Crippen MR) is 89.6 cm³/mol. The Morgan fingerprint density at radius 2 is 1.79 bits per heavy atom. The first-order valence-electron chi connectivity index (χ1n) is 7.19. The molecule has 1 aromatic carbocycles. The number of rotatable bonds is 5. The van der Waals surface area contributed by atoms with Crippen LogP contribution in [0.3, 0.4) is 0 Å². The lowest BCUT2D eigenvalue weighted by molar-refractivity contribution is 0.192. The molecule has 0 saturated carbocycles. The number of amides is 1. The van der Waals surface area contributed by atoms with Crippen LogP contribution in [0.15, 0.2) is 12.1 Å². The fraction of sp³-hybridized carbons (Fsp3) is 0.467. The number of hydrogen-bond donors (Lipinski definition) is 4. The largest absolute Gasteiger partial charge is 0.465 e. The average molecular weight is 363 g/mol. The highest BCUT2D eigenvalue weighted by molar-refractivity contribution is 7.80. The monoisotopic (exact) mass is 363 g/mol. The molecule has 1 atom stereocenters. The first-order valence-corrected chi connectivity index (χ1v) is 7.60. The van der Waals surface area contributed by atoms with Gasteiger partial charge in [0, 0.05) is 24.7 Å². The van der Waals surface area contributed by atoms with E-state index in [0.29, 0.717) is 18.6 Å². The van der Waals surface area contributed by atoms with Crippen molar-refractivity contribution in [3.63, 3.8) is 0 Å². The maximum absolute atomic E-state index is 13.6.